The van der Waals surface area contributed by atoms with E-state index in [1.165, 1.54) is 5.56 Å². The second-order valence-electron chi connectivity index (χ2n) is 9.96. The van der Waals surface area contributed by atoms with Crippen LogP contribution in [-0.2, 0) is 34.0 Å². The van der Waals surface area contributed by atoms with Crippen LogP contribution in [0, 0.1) is 0 Å². The number of hydrogen-bond acceptors (Lipinski definition) is 6. The molecule has 2 aromatic carbocycles. The number of rotatable bonds is 6. The minimum absolute atomic E-state index is 0. The number of fused-ring (bicyclic) bond motifs is 1. The van der Waals surface area contributed by atoms with Crippen molar-refractivity contribution in [3.8, 4) is 5.75 Å². The van der Waals surface area contributed by atoms with Gasteiger partial charge < -0.3 is 14.4 Å². The van der Waals surface area contributed by atoms with Gasteiger partial charge in [0.05, 0.1) is 32.2 Å². The van der Waals surface area contributed by atoms with Gasteiger partial charge in [0.25, 0.3) is 5.91 Å². The van der Waals surface area contributed by atoms with Crippen molar-refractivity contribution in [1.82, 2.24) is 9.80 Å². The Bertz CT molecular complexity index is 1130. The normalized spacial score (nSPS) is 24.4. The fraction of sp³-hybridized carbons (Fsp3) is 0.464. The average molecular weight is 513 g/mol. The van der Waals surface area contributed by atoms with Crippen LogP contribution in [0.4, 0.5) is 0 Å². The van der Waals surface area contributed by atoms with Gasteiger partial charge in [0.2, 0.25) is 0 Å². The van der Waals surface area contributed by atoms with Gasteiger partial charge in [-0.3, -0.25) is 19.3 Å². The number of amides is 1. The van der Waals surface area contributed by atoms with Crippen molar-refractivity contribution < 1.29 is 23.9 Å². The number of nitrogens with zero attached hydrogens (tertiary/aromatic N) is 2. The molecule has 2 heterocycles. The number of benzene rings is 2. The molecule has 2 aliphatic heterocycles. The average Bonchev–Trinajstić information content (AvgIpc) is 3.18. The number of carbonyl (C=O) groups is 3. The minimum atomic E-state index is -0.523. The van der Waals surface area contributed by atoms with Crippen LogP contribution in [0.3, 0.4) is 0 Å². The highest BCUT2D eigenvalue weighted by atomic mass is 35.5. The molecule has 192 valence electrons. The lowest BCUT2D eigenvalue weighted by Crippen LogP contribution is -2.48. The van der Waals surface area contributed by atoms with E-state index in [2.05, 4.69) is 43.0 Å². The first-order valence-electron chi connectivity index (χ1n) is 12.4. The highest BCUT2D eigenvalue weighted by Gasteiger charge is 2.40. The summed E-state index contributed by atoms with van der Waals surface area (Å²) >= 11 is 0. The van der Waals surface area contributed by atoms with Gasteiger partial charge in [-0.2, -0.15) is 0 Å². The summed E-state index contributed by atoms with van der Waals surface area (Å²) in [5, 5.41) is 0. The van der Waals surface area contributed by atoms with E-state index in [1.54, 1.807) is 11.0 Å². The van der Waals surface area contributed by atoms with E-state index in [1.807, 2.05) is 12.1 Å². The molecule has 0 N–H and O–H groups in total. The number of ether oxygens (including phenoxy) is 2. The SMILES string of the molecule is C[C@@H]1COC[C@H](C)N1Cc1ccc(COc2cccc3c2CN(C2CCC(=O)CC2=O)C3=O)cc1.Cl. The van der Waals surface area contributed by atoms with Crippen molar-refractivity contribution in [3.63, 3.8) is 0 Å². The zero-order chi connectivity index (χ0) is 24.5. The Morgan fingerprint density at radius 3 is 2.36 bits per heavy atom. The third-order valence-electron chi connectivity index (χ3n) is 7.40. The lowest BCUT2D eigenvalue weighted by Gasteiger charge is -2.38. The molecule has 8 heteroatoms. The highest BCUT2D eigenvalue weighted by molar-refractivity contribution is 6.07. The van der Waals surface area contributed by atoms with Crippen LogP contribution < -0.4 is 4.74 Å². The van der Waals surface area contributed by atoms with E-state index in [-0.39, 0.29) is 36.3 Å². The predicted octanol–water partition coefficient (Wildman–Crippen LogP) is 3.94. The molecule has 0 bridgehead atoms. The predicted molar refractivity (Wildman–Crippen MR) is 137 cm³/mol. The number of carbonyl (C=O) groups excluding carboxylic acids is 3. The smallest absolute Gasteiger partial charge is 0.255 e. The molecule has 1 amide bonds. The van der Waals surface area contributed by atoms with E-state index >= 15 is 0 Å². The molecule has 1 saturated heterocycles. The van der Waals surface area contributed by atoms with Crippen molar-refractivity contribution in [2.45, 2.75) is 70.9 Å². The number of morpholine rings is 1. The van der Waals surface area contributed by atoms with Crippen LogP contribution in [0.1, 0.15) is 60.2 Å². The molecular formula is C28H33ClN2O5. The third kappa shape index (κ3) is 5.33. The standard InChI is InChI=1S/C28H32N2O5.ClH/c1-18-15-34-16-19(2)29(18)13-20-6-8-21(9-7-20)17-35-27-5-3-4-23-24(27)14-30(28(23)33)25-11-10-22(31)12-26(25)32;/h3-9,18-19,25H,10-17H2,1-2H3;1H/t18-,19+,25?;. The summed E-state index contributed by atoms with van der Waals surface area (Å²) in [6.07, 6.45) is 0.675. The molecule has 36 heavy (non-hydrogen) atoms. The van der Waals surface area contributed by atoms with Crippen molar-refractivity contribution in [1.29, 1.82) is 0 Å². The number of hydrogen-bond donors (Lipinski definition) is 0. The maximum Gasteiger partial charge on any atom is 0.255 e. The van der Waals surface area contributed by atoms with Gasteiger partial charge in [-0.05, 0) is 43.5 Å². The number of ketones is 2. The molecule has 3 atom stereocenters. The van der Waals surface area contributed by atoms with Crippen LogP contribution in [0.15, 0.2) is 42.5 Å². The van der Waals surface area contributed by atoms with E-state index in [9.17, 15) is 14.4 Å². The lowest BCUT2D eigenvalue weighted by molar-refractivity contribution is -0.133. The van der Waals surface area contributed by atoms with Crippen LogP contribution in [0.2, 0.25) is 0 Å². The first kappa shape index (κ1) is 26.3. The van der Waals surface area contributed by atoms with Crippen LogP contribution >= 0.6 is 12.4 Å². The lowest BCUT2D eigenvalue weighted by atomic mass is 9.92. The van der Waals surface area contributed by atoms with E-state index in [4.69, 9.17) is 9.47 Å². The van der Waals surface area contributed by atoms with Crippen LogP contribution in [0.25, 0.3) is 0 Å². The van der Waals surface area contributed by atoms with Gasteiger partial charge in [-0.15, -0.1) is 12.4 Å². The quantitative estimate of drug-likeness (QED) is 0.546. The first-order chi connectivity index (χ1) is 16.9. The van der Waals surface area contributed by atoms with Crippen LogP contribution in [0.5, 0.6) is 5.75 Å². The van der Waals surface area contributed by atoms with Gasteiger partial charge in [-0.25, -0.2) is 0 Å². The summed E-state index contributed by atoms with van der Waals surface area (Å²) in [5.41, 5.74) is 3.70. The fourth-order valence-corrected chi connectivity index (χ4v) is 5.36. The molecule has 2 fully saturated rings. The summed E-state index contributed by atoms with van der Waals surface area (Å²) in [7, 11) is 0. The molecule has 7 nitrogen and oxygen atoms in total. The maximum absolute atomic E-state index is 13.0. The largest absolute Gasteiger partial charge is 0.489 e. The zero-order valence-electron chi connectivity index (χ0n) is 20.8. The monoisotopic (exact) mass is 512 g/mol. The molecule has 1 unspecified atom stereocenters. The van der Waals surface area contributed by atoms with E-state index < -0.39 is 6.04 Å². The Balaban J connectivity index is 0.00000304. The summed E-state index contributed by atoms with van der Waals surface area (Å²) in [4.78, 5) is 41.1. The first-order valence-corrected chi connectivity index (χ1v) is 12.4. The van der Waals surface area contributed by atoms with Crippen molar-refractivity contribution >= 4 is 29.9 Å². The second-order valence-corrected chi connectivity index (χ2v) is 9.96. The third-order valence-corrected chi connectivity index (χ3v) is 7.40. The van der Waals surface area contributed by atoms with E-state index in [0.29, 0.717) is 49.4 Å². The molecule has 0 aromatic heterocycles. The number of halogens is 1. The molecule has 0 spiro atoms. The second kappa shape index (κ2) is 11.1. The number of Topliss-reactive ketones (excluding diaryl/α,β-unsaturated/α-hetero) is 2. The van der Waals surface area contributed by atoms with Crippen molar-refractivity contribution in [2.75, 3.05) is 13.2 Å². The fourth-order valence-electron chi connectivity index (χ4n) is 5.36. The molecule has 3 aliphatic rings. The Kier molecular flexibility index (Phi) is 8.13. The molecule has 2 aromatic rings. The van der Waals surface area contributed by atoms with Gasteiger partial charge in [0, 0.05) is 36.2 Å². The Labute approximate surface area is 218 Å². The minimum Gasteiger partial charge on any atom is -0.489 e. The van der Waals surface area contributed by atoms with Crippen molar-refractivity contribution in [2.24, 2.45) is 0 Å². The molecular weight excluding hydrogens is 480 g/mol. The maximum atomic E-state index is 13.0. The Morgan fingerprint density at radius 1 is 0.972 bits per heavy atom. The molecule has 1 saturated carbocycles. The molecule has 0 radical (unpaired) electrons. The van der Waals surface area contributed by atoms with Gasteiger partial charge >= 0.3 is 0 Å². The van der Waals surface area contributed by atoms with E-state index in [0.717, 1.165) is 30.9 Å². The summed E-state index contributed by atoms with van der Waals surface area (Å²) in [6, 6.07) is 14.2. The highest BCUT2D eigenvalue weighted by Crippen LogP contribution is 2.34. The van der Waals surface area contributed by atoms with Gasteiger partial charge in [0.15, 0.2) is 5.78 Å². The summed E-state index contributed by atoms with van der Waals surface area (Å²) in [5.74, 6) is 0.303. The van der Waals surface area contributed by atoms with Gasteiger partial charge in [0.1, 0.15) is 18.1 Å². The molecule has 5 rings (SSSR count). The zero-order valence-corrected chi connectivity index (χ0v) is 21.6. The topological polar surface area (TPSA) is 76.2 Å². The summed E-state index contributed by atoms with van der Waals surface area (Å²) in [6.45, 7) is 7.56. The van der Waals surface area contributed by atoms with Crippen molar-refractivity contribution in [3.05, 3.63) is 64.7 Å². The van der Waals surface area contributed by atoms with Gasteiger partial charge in [-0.1, -0.05) is 30.3 Å². The Hall–Kier alpha value is -2.74. The Morgan fingerprint density at radius 2 is 1.67 bits per heavy atom. The summed E-state index contributed by atoms with van der Waals surface area (Å²) < 4.78 is 11.8. The van der Waals surface area contributed by atoms with Crippen LogP contribution in [-0.4, -0.2) is 58.6 Å². The molecule has 1 aliphatic carbocycles.